The van der Waals surface area contributed by atoms with Crippen LogP contribution in [0.15, 0.2) is 65.1 Å². The van der Waals surface area contributed by atoms with Crippen molar-refractivity contribution in [3.05, 3.63) is 82.9 Å². The number of carbonyl (C=O) groups is 5. The Bertz CT molecular complexity index is 1980. The van der Waals surface area contributed by atoms with Gasteiger partial charge in [-0.15, -0.1) is 0 Å². The molecule has 0 atom stereocenters. The number of amides is 5. The number of nitrogens with two attached hydrogens (primary N) is 1. The number of aromatic nitrogens is 4. The minimum atomic E-state index is -0.487. The first-order chi connectivity index (χ1) is 23.2. The van der Waals surface area contributed by atoms with E-state index in [1.165, 1.54) is 33.4 Å². The Kier molecular flexibility index (Phi) is 11.1. The lowest BCUT2D eigenvalue weighted by Gasteiger charge is -2.04. The van der Waals surface area contributed by atoms with Crippen LogP contribution in [0, 0.1) is 0 Å². The summed E-state index contributed by atoms with van der Waals surface area (Å²) in [5.74, 6) is -2.46. The highest BCUT2D eigenvalue weighted by atomic mass is 79.9. The summed E-state index contributed by atoms with van der Waals surface area (Å²) in [6, 6.07) is 6.02. The molecule has 0 aliphatic rings. The largest absolute Gasteiger partial charge is 0.368 e. The van der Waals surface area contributed by atoms with E-state index >= 15 is 0 Å². The highest BCUT2D eigenvalue weighted by Gasteiger charge is 2.20. The van der Waals surface area contributed by atoms with Crippen LogP contribution < -0.4 is 37.8 Å². The van der Waals surface area contributed by atoms with Gasteiger partial charge in [0.25, 0.3) is 29.5 Å². The van der Waals surface area contributed by atoms with Crippen molar-refractivity contribution in [1.82, 2.24) is 29.1 Å². The Morgan fingerprint density at radius 2 is 1.04 bits per heavy atom. The second-order valence-corrected chi connectivity index (χ2v) is 11.7. The molecule has 0 spiro atoms. The number of hydrogen-bond donors (Lipinski definition) is 8. The Balaban J connectivity index is 1.37. The van der Waals surface area contributed by atoms with E-state index in [2.05, 4.69) is 54.1 Å². The molecule has 0 aliphatic heterocycles. The van der Waals surface area contributed by atoms with Crippen molar-refractivity contribution in [1.29, 1.82) is 0 Å². The molecule has 0 radical (unpaired) electrons. The number of anilines is 4. The van der Waals surface area contributed by atoms with Crippen LogP contribution in [0.25, 0.3) is 0 Å². The van der Waals surface area contributed by atoms with E-state index < -0.39 is 29.5 Å². The second kappa shape index (κ2) is 15.2. The number of nitrogens with zero attached hydrogens (tertiary/aromatic N) is 5. The summed E-state index contributed by atoms with van der Waals surface area (Å²) in [4.78, 5) is 67.5. The Labute approximate surface area is 288 Å². The number of nitrogens with one attached hydrogen (secondary N) is 6. The average Bonchev–Trinajstić information content (AvgIpc) is 3.80. The van der Waals surface area contributed by atoms with Gasteiger partial charge in [0.1, 0.15) is 22.8 Å². The molecule has 4 rings (SSSR count). The van der Waals surface area contributed by atoms with E-state index in [0.717, 1.165) is 0 Å². The number of rotatable bonds is 12. The summed E-state index contributed by atoms with van der Waals surface area (Å²) in [6.07, 6.45) is 6.30. The van der Waals surface area contributed by atoms with Crippen molar-refractivity contribution in [3.63, 3.8) is 0 Å². The molecule has 0 bridgehead atoms. The summed E-state index contributed by atoms with van der Waals surface area (Å²) >= 11 is 3.01. The molecular formula is C30H35BrN12O6. The topological polar surface area (TPSA) is 236 Å². The first-order valence-corrected chi connectivity index (χ1v) is 15.2. The predicted octanol–water partition coefficient (Wildman–Crippen LogP) is 1.67. The molecule has 4 aromatic heterocycles. The summed E-state index contributed by atoms with van der Waals surface area (Å²) in [5, 5.41) is 22.2. The zero-order valence-corrected chi connectivity index (χ0v) is 28.5. The average molecular weight is 740 g/mol. The Hall–Kier alpha value is -6.08. The molecule has 258 valence electrons. The summed E-state index contributed by atoms with van der Waals surface area (Å²) in [6.45, 7) is 3.82. The van der Waals surface area contributed by atoms with E-state index in [1.807, 2.05) is 0 Å². The lowest BCUT2D eigenvalue weighted by atomic mass is 10.3. The van der Waals surface area contributed by atoms with Crippen molar-refractivity contribution in [3.8, 4) is 0 Å². The third-order valence-electron chi connectivity index (χ3n) is 7.02. The molecule has 0 saturated heterocycles. The van der Waals surface area contributed by atoms with Crippen LogP contribution in [0.1, 0.15) is 42.0 Å². The monoisotopic (exact) mass is 738 g/mol. The van der Waals surface area contributed by atoms with Crippen molar-refractivity contribution in [2.75, 3.05) is 34.4 Å². The number of guanidine groups is 1. The van der Waals surface area contributed by atoms with Crippen molar-refractivity contribution in [2.45, 2.75) is 0 Å². The zero-order valence-electron chi connectivity index (χ0n) is 26.9. The fourth-order valence-corrected chi connectivity index (χ4v) is 4.79. The first-order valence-electron chi connectivity index (χ1n) is 14.4. The molecule has 0 fully saturated rings. The van der Waals surface area contributed by atoms with E-state index in [4.69, 9.17) is 10.9 Å². The first kappa shape index (κ1) is 35.8. The van der Waals surface area contributed by atoms with E-state index in [1.54, 1.807) is 67.6 Å². The van der Waals surface area contributed by atoms with Gasteiger partial charge in [0, 0.05) is 59.5 Å². The van der Waals surface area contributed by atoms with Gasteiger partial charge in [-0.2, -0.15) is 0 Å². The lowest BCUT2D eigenvalue weighted by Crippen LogP contribution is -2.31. The summed E-state index contributed by atoms with van der Waals surface area (Å²) in [5.41, 5.74) is 9.52. The maximum absolute atomic E-state index is 13.2. The summed E-state index contributed by atoms with van der Waals surface area (Å²) in [7, 11) is 6.59. The van der Waals surface area contributed by atoms with Crippen molar-refractivity contribution >= 4 is 74.2 Å². The van der Waals surface area contributed by atoms with Gasteiger partial charge >= 0.3 is 0 Å². The SMILES string of the molecule is C=C(Br)C(=O)Nc1cc(C(=O)Nc2cc(C(=O)Nc3cc(C(=O)Nc4cc(C(=O)NCCN=C(N)NO)n(C)c4)n(C)c3)n(C)c2)n(C)c1. The van der Waals surface area contributed by atoms with Crippen LogP contribution in [0.5, 0.6) is 0 Å². The quantitative estimate of drug-likeness (QED) is 0.0349. The van der Waals surface area contributed by atoms with Gasteiger partial charge in [-0.3, -0.25) is 29.2 Å². The molecule has 0 saturated carbocycles. The van der Waals surface area contributed by atoms with E-state index in [0.29, 0.717) is 22.7 Å². The number of aryl methyl sites for hydroxylation is 4. The standard InChI is InChI=1S/C30H35BrN12O6/c1-16(31)25(44)35-17-9-22(41(3)12-17)27(46)37-19-11-24(43(5)14-19)29(48)38-20-10-23(42(4)15-20)28(47)36-18-8-21(40(2)13-18)26(45)33-6-7-34-30(32)39-49/h8-15,49H,1,6-7H2,2-5H3,(H,33,45)(H,35,44)(H,36,47)(H,37,46)(H,38,48)(H3,32,34,39). The Morgan fingerprint density at radius 3 is 1.39 bits per heavy atom. The van der Waals surface area contributed by atoms with Gasteiger partial charge < -0.3 is 50.6 Å². The third-order valence-corrected chi connectivity index (χ3v) is 7.38. The van der Waals surface area contributed by atoms with Gasteiger partial charge in [0.15, 0.2) is 0 Å². The number of aliphatic imine (C=N–C) groups is 1. The Morgan fingerprint density at radius 1 is 0.694 bits per heavy atom. The highest BCUT2D eigenvalue weighted by molar-refractivity contribution is 9.12. The number of hydrogen-bond acceptors (Lipinski definition) is 7. The van der Waals surface area contributed by atoms with Crippen LogP contribution in [-0.4, -0.2) is 72.1 Å². The number of carbonyl (C=O) groups excluding carboxylic acids is 5. The van der Waals surface area contributed by atoms with Gasteiger partial charge in [-0.25, -0.2) is 10.5 Å². The second-order valence-electron chi connectivity index (χ2n) is 10.8. The minimum absolute atomic E-state index is 0.140. The molecule has 0 aliphatic carbocycles. The molecule has 9 N–H and O–H groups in total. The van der Waals surface area contributed by atoms with E-state index in [-0.39, 0.29) is 46.3 Å². The molecule has 0 unspecified atom stereocenters. The molecule has 49 heavy (non-hydrogen) atoms. The molecule has 5 amide bonds. The maximum atomic E-state index is 13.2. The highest BCUT2D eigenvalue weighted by Crippen LogP contribution is 2.21. The molecular weight excluding hydrogens is 704 g/mol. The van der Waals surface area contributed by atoms with Crippen LogP contribution in [-0.2, 0) is 33.0 Å². The smallest absolute Gasteiger partial charge is 0.272 e. The van der Waals surface area contributed by atoms with Gasteiger partial charge in [0.05, 0.1) is 33.8 Å². The molecule has 4 aromatic rings. The lowest BCUT2D eigenvalue weighted by molar-refractivity contribution is -0.112. The van der Waals surface area contributed by atoms with Crippen LogP contribution in [0.2, 0.25) is 0 Å². The van der Waals surface area contributed by atoms with Crippen LogP contribution >= 0.6 is 15.9 Å². The summed E-state index contributed by atoms with van der Waals surface area (Å²) < 4.78 is 6.31. The fourth-order valence-electron chi connectivity index (χ4n) is 4.69. The van der Waals surface area contributed by atoms with Gasteiger partial charge in [0.2, 0.25) is 5.96 Å². The predicted molar refractivity (Wildman–Crippen MR) is 186 cm³/mol. The fraction of sp³-hybridized carbons (Fsp3) is 0.200. The number of hydroxylamine groups is 1. The van der Waals surface area contributed by atoms with Gasteiger partial charge in [-0.05, 0) is 40.2 Å². The third kappa shape index (κ3) is 8.84. The molecule has 4 heterocycles. The maximum Gasteiger partial charge on any atom is 0.272 e. The molecule has 19 heteroatoms. The molecule has 0 aromatic carbocycles. The van der Waals surface area contributed by atoms with Gasteiger partial charge in [-0.1, -0.05) is 6.58 Å². The molecule has 18 nitrogen and oxygen atoms in total. The van der Waals surface area contributed by atoms with Crippen molar-refractivity contribution < 1.29 is 29.2 Å². The van der Waals surface area contributed by atoms with Crippen LogP contribution in [0.4, 0.5) is 22.7 Å². The normalized spacial score (nSPS) is 11.1. The zero-order chi connectivity index (χ0) is 36.0. The van der Waals surface area contributed by atoms with E-state index in [9.17, 15) is 24.0 Å². The number of halogens is 1. The van der Waals surface area contributed by atoms with Crippen LogP contribution in [0.3, 0.4) is 0 Å². The minimum Gasteiger partial charge on any atom is -0.368 e. The van der Waals surface area contributed by atoms with Crippen molar-refractivity contribution in [2.24, 2.45) is 38.9 Å².